The van der Waals surface area contributed by atoms with Crippen molar-refractivity contribution in [1.82, 2.24) is 5.01 Å². The topological polar surface area (TPSA) is 78.9 Å². The summed E-state index contributed by atoms with van der Waals surface area (Å²) in [4.78, 5) is 11.9. The second-order valence-corrected chi connectivity index (χ2v) is 4.01. The molecule has 5 nitrogen and oxygen atoms in total. The molecule has 0 radical (unpaired) electrons. The standard InChI is InChI=1S/C11H21N3O2/c1-2-4-10-9(5-3-6-12)11(16)14(13-10)7-8-15/h9,15H,2-8,12H2,1H3. The number of aliphatic hydroxyl groups excluding tert-OH is 1. The van der Waals surface area contributed by atoms with Crippen molar-refractivity contribution in [1.29, 1.82) is 0 Å². The molecule has 0 aliphatic carbocycles. The Morgan fingerprint density at radius 3 is 2.88 bits per heavy atom. The van der Waals surface area contributed by atoms with Gasteiger partial charge in [0, 0.05) is 0 Å². The minimum absolute atomic E-state index is 0.0194. The highest BCUT2D eigenvalue weighted by Crippen LogP contribution is 2.22. The van der Waals surface area contributed by atoms with Gasteiger partial charge in [0.2, 0.25) is 0 Å². The lowest BCUT2D eigenvalue weighted by Crippen LogP contribution is -2.30. The fourth-order valence-corrected chi connectivity index (χ4v) is 1.94. The van der Waals surface area contributed by atoms with Gasteiger partial charge in [0.05, 0.1) is 24.8 Å². The highest BCUT2D eigenvalue weighted by Gasteiger charge is 2.33. The molecular weight excluding hydrogens is 206 g/mol. The van der Waals surface area contributed by atoms with Crippen LogP contribution in [0.2, 0.25) is 0 Å². The normalized spacial score (nSPS) is 20.4. The highest BCUT2D eigenvalue weighted by molar-refractivity contribution is 6.07. The molecule has 0 spiro atoms. The number of hydrogen-bond acceptors (Lipinski definition) is 4. The van der Waals surface area contributed by atoms with Crippen molar-refractivity contribution in [3.05, 3.63) is 0 Å². The van der Waals surface area contributed by atoms with Gasteiger partial charge in [-0.2, -0.15) is 5.10 Å². The number of hydrazone groups is 1. The molecule has 1 aliphatic rings. The Labute approximate surface area is 96.3 Å². The van der Waals surface area contributed by atoms with Crippen molar-refractivity contribution in [2.45, 2.75) is 32.6 Å². The molecular formula is C11H21N3O2. The molecule has 0 fully saturated rings. The summed E-state index contributed by atoms with van der Waals surface area (Å²) < 4.78 is 0. The van der Waals surface area contributed by atoms with Gasteiger partial charge in [-0.25, -0.2) is 5.01 Å². The van der Waals surface area contributed by atoms with E-state index < -0.39 is 0 Å². The Morgan fingerprint density at radius 1 is 1.56 bits per heavy atom. The number of aliphatic hydroxyl groups is 1. The Bertz CT molecular complexity index is 266. The van der Waals surface area contributed by atoms with Gasteiger partial charge in [-0.05, 0) is 25.8 Å². The van der Waals surface area contributed by atoms with E-state index in [2.05, 4.69) is 12.0 Å². The quantitative estimate of drug-likeness (QED) is 0.658. The molecule has 5 heteroatoms. The zero-order valence-corrected chi connectivity index (χ0v) is 9.85. The lowest BCUT2D eigenvalue weighted by molar-refractivity contribution is -0.132. The lowest BCUT2D eigenvalue weighted by atomic mass is 9.95. The molecule has 0 aromatic carbocycles. The van der Waals surface area contributed by atoms with E-state index in [-0.39, 0.29) is 18.4 Å². The zero-order chi connectivity index (χ0) is 12.0. The fourth-order valence-electron chi connectivity index (χ4n) is 1.94. The molecule has 1 aliphatic heterocycles. The van der Waals surface area contributed by atoms with Crippen molar-refractivity contribution < 1.29 is 9.90 Å². The van der Waals surface area contributed by atoms with Gasteiger partial charge in [0.25, 0.3) is 5.91 Å². The second-order valence-electron chi connectivity index (χ2n) is 4.01. The van der Waals surface area contributed by atoms with Gasteiger partial charge in [0.15, 0.2) is 0 Å². The molecule has 1 unspecified atom stereocenters. The van der Waals surface area contributed by atoms with Crippen LogP contribution < -0.4 is 5.73 Å². The van der Waals surface area contributed by atoms with Gasteiger partial charge in [-0.3, -0.25) is 4.79 Å². The Balaban J connectivity index is 2.65. The molecule has 0 aromatic rings. The summed E-state index contributed by atoms with van der Waals surface area (Å²) in [5.74, 6) is -0.0824. The van der Waals surface area contributed by atoms with Crippen molar-refractivity contribution >= 4 is 11.6 Å². The van der Waals surface area contributed by atoms with Gasteiger partial charge < -0.3 is 10.8 Å². The van der Waals surface area contributed by atoms with E-state index in [1.54, 1.807) is 0 Å². The first-order valence-electron chi connectivity index (χ1n) is 5.94. The number of amides is 1. The Hall–Kier alpha value is -0.940. The van der Waals surface area contributed by atoms with Gasteiger partial charge in [-0.1, -0.05) is 13.3 Å². The number of carbonyl (C=O) groups excluding carboxylic acids is 1. The molecule has 0 aromatic heterocycles. The van der Waals surface area contributed by atoms with E-state index in [9.17, 15) is 4.79 Å². The van der Waals surface area contributed by atoms with Crippen LogP contribution in [0.5, 0.6) is 0 Å². The molecule has 1 amide bonds. The molecule has 0 saturated heterocycles. The molecule has 1 atom stereocenters. The predicted molar refractivity (Wildman–Crippen MR) is 62.9 cm³/mol. The molecule has 0 saturated carbocycles. The summed E-state index contributed by atoms with van der Waals surface area (Å²) in [5, 5.41) is 14.5. The van der Waals surface area contributed by atoms with Gasteiger partial charge in [0.1, 0.15) is 0 Å². The molecule has 1 heterocycles. The van der Waals surface area contributed by atoms with E-state index >= 15 is 0 Å². The predicted octanol–water partition coefficient (Wildman–Crippen LogP) is 0.332. The van der Waals surface area contributed by atoms with Crippen molar-refractivity contribution in [2.75, 3.05) is 19.7 Å². The van der Waals surface area contributed by atoms with Crippen LogP contribution in [0.3, 0.4) is 0 Å². The third-order valence-electron chi connectivity index (χ3n) is 2.72. The maximum absolute atomic E-state index is 11.9. The van der Waals surface area contributed by atoms with Gasteiger partial charge in [-0.15, -0.1) is 0 Å². The molecule has 92 valence electrons. The van der Waals surface area contributed by atoms with Crippen LogP contribution in [0.25, 0.3) is 0 Å². The minimum atomic E-state index is -0.102. The third-order valence-corrected chi connectivity index (χ3v) is 2.72. The molecule has 1 rings (SSSR count). The summed E-state index contributed by atoms with van der Waals surface area (Å²) in [5.41, 5.74) is 6.41. The summed E-state index contributed by atoms with van der Waals surface area (Å²) >= 11 is 0. The van der Waals surface area contributed by atoms with Crippen LogP contribution >= 0.6 is 0 Å². The van der Waals surface area contributed by atoms with E-state index in [1.807, 2.05) is 0 Å². The third kappa shape index (κ3) is 3.02. The van der Waals surface area contributed by atoms with Gasteiger partial charge >= 0.3 is 0 Å². The zero-order valence-electron chi connectivity index (χ0n) is 9.85. The van der Waals surface area contributed by atoms with Crippen LogP contribution in [-0.4, -0.2) is 41.4 Å². The van der Waals surface area contributed by atoms with Crippen LogP contribution in [-0.2, 0) is 4.79 Å². The first kappa shape index (κ1) is 13.1. The van der Waals surface area contributed by atoms with Crippen LogP contribution in [0, 0.1) is 5.92 Å². The second kappa shape index (κ2) is 6.60. The maximum Gasteiger partial charge on any atom is 0.251 e. The number of rotatable bonds is 7. The number of nitrogens with two attached hydrogens (primary N) is 1. The number of β-amino-alcohol motifs (C(OH)–C–C–N with tert-alkyl or cyclic N) is 1. The molecule has 3 N–H and O–H groups in total. The average Bonchev–Trinajstić information content (AvgIpc) is 2.55. The largest absolute Gasteiger partial charge is 0.394 e. The number of hydrogen-bond donors (Lipinski definition) is 2. The van der Waals surface area contributed by atoms with Crippen molar-refractivity contribution in [3.8, 4) is 0 Å². The minimum Gasteiger partial charge on any atom is -0.394 e. The SMILES string of the molecule is CCCC1=NN(CCO)C(=O)C1CCCN. The van der Waals surface area contributed by atoms with Crippen LogP contribution in [0.1, 0.15) is 32.6 Å². The highest BCUT2D eigenvalue weighted by atomic mass is 16.3. The van der Waals surface area contributed by atoms with Crippen LogP contribution in [0.15, 0.2) is 5.10 Å². The summed E-state index contributed by atoms with van der Waals surface area (Å²) in [6, 6.07) is 0. The monoisotopic (exact) mass is 227 g/mol. The number of carbonyl (C=O) groups is 1. The molecule has 0 bridgehead atoms. The first-order chi connectivity index (χ1) is 7.74. The summed E-state index contributed by atoms with van der Waals surface area (Å²) in [6.45, 7) is 2.92. The number of nitrogens with zero attached hydrogens (tertiary/aromatic N) is 2. The smallest absolute Gasteiger partial charge is 0.251 e. The Kier molecular flexibility index (Phi) is 5.42. The maximum atomic E-state index is 11.9. The summed E-state index contributed by atoms with van der Waals surface area (Å²) in [7, 11) is 0. The lowest BCUT2D eigenvalue weighted by Gasteiger charge is -2.12. The average molecular weight is 227 g/mol. The Morgan fingerprint density at radius 2 is 2.31 bits per heavy atom. The van der Waals surface area contributed by atoms with Crippen molar-refractivity contribution in [2.24, 2.45) is 16.8 Å². The van der Waals surface area contributed by atoms with Crippen LogP contribution in [0.4, 0.5) is 0 Å². The first-order valence-corrected chi connectivity index (χ1v) is 5.94. The van der Waals surface area contributed by atoms with E-state index in [0.717, 1.165) is 31.4 Å². The van der Waals surface area contributed by atoms with Crippen molar-refractivity contribution in [3.63, 3.8) is 0 Å². The molecule has 16 heavy (non-hydrogen) atoms. The van der Waals surface area contributed by atoms with E-state index in [1.165, 1.54) is 5.01 Å². The summed E-state index contributed by atoms with van der Waals surface area (Å²) in [6.07, 6.45) is 3.45. The van der Waals surface area contributed by atoms with E-state index in [0.29, 0.717) is 13.1 Å². The fraction of sp³-hybridized carbons (Fsp3) is 0.818. The van der Waals surface area contributed by atoms with E-state index in [4.69, 9.17) is 10.8 Å².